The third-order valence-corrected chi connectivity index (χ3v) is 4.00. The molecule has 5 nitrogen and oxygen atoms in total. The van der Waals surface area contributed by atoms with Crippen molar-refractivity contribution < 1.29 is 14.3 Å². The predicted octanol–water partition coefficient (Wildman–Crippen LogP) is 2.64. The summed E-state index contributed by atoms with van der Waals surface area (Å²) in [4.78, 5) is 12.6. The number of aliphatic hydroxyl groups is 1. The Bertz CT molecular complexity index is 527. The van der Waals surface area contributed by atoms with Crippen LogP contribution in [0.3, 0.4) is 0 Å². The van der Waals surface area contributed by atoms with Gasteiger partial charge in [0, 0.05) is 4.88 Å². The highest BCUT2D eigenvalue weighted by molar-refractivity contribution is 9.11. The summed E-state index contributed by atoms with van der Waals surface area (Å²) in [5, 5.41) is 15.0. The molecule has 2 amide bonds. The Hall–Kier alpha value is -1.31. The average Bonchev–Trinajstić information content (AvgIpc) is 3.04. The summed E-state index contributed by atoms with van der Waals surface area (Å²) in [5.74, 6) is 0.433. The van der Waals surface area contributed by atoms with Crippen LogP contribution < -0.4 is 10.6 Å². The van der Waals surface area contributed by atoms with Gasteiger partial charge in [0.25, 0.3) is 0 Å². The van der Waals surface area contributed by atoms with Crippen LogP contribution in [0.4, 0.5) is 4.79 Å². The molecule has 19 heavy (non-hydrogen) atoms. The molecular formula is C12H13BrN2O3S. The molecule has 3 N–H and O–H groups in total. The van der Waals surface area contributed by atoms with Gasteiger partial charge in [-0.25, -0.2) is 4.79 Å². The van der Waals surface area contributed by atoms with E-state index in [0.29, 0.717) is 12.3 Å². The molecule has 1 atom stereocenters. The standard InChI is InChI=1S/C12H13BrN2O3S/c13-11-4-3-8(19-11)6-14-12(17)15-7-9(16)10-2-1-5-18-10/h1-5,9,16H,6-7H2,(H2,14,15,17). The minimum absolute atomic E-state index is 0.105. The second-order valence-electron chi connectivity index (χ2n) is 3.80. The zero-order valence-corrected chi connectivity index (χ0v) is 12.3. The van der Waals surface area contributed by atoms with Crippen LogP contribution in [0.2, 0.25) is 0 Å². The largest absolute Gasteiger partial charge is 0.467 e. The summed E-state index contributed by atoms with van der Waals surface area (Å²) in [6.07, 6.45) is 0.643. The third-order valence-electron chi connectivity index (χ3n) is 2.38. The lowest BCUT2D eigenvalue weighted by molar-refractivity contribution is 0.148. The van der Waals surface area contributed by atoms with Gasteiger partial charge in [-0.1, -0.05) is 0 Å². The fraction of sp³-hybridized carbons (Fsp3) is 0.250. The van der Waals surface area contributed by atoms with Crippen LogP contribution in [-0.4, -0.2) is 17.7 Å². The summed E-state index contributed by atoms with van der Waals surface area (Å²) < 4.78 is 6.06. The van der Waals surface area contributed by atoms with Crippen molar-refractivity contribution in [3.8, 4) is 0 Å². The monoisotopic (exact) mass is 344 g/mol. The van der Waals surface area contributed by atoms with Gasteiger partial charge in [0.15, 0.2) is 0 Å². The van der Waals surface area contributed by atoms with E-state index in [2.05, 4.69) is 26.6 Å². The van der Waals surface area contributed by atoms with Crippen LogP contribution in [0.25, 0.3) is 0 Å². The van der Waals surface area contributed by atoms with Gasteiger partial charge in [0.1, 0.15) is 11.9 Å². The Labute approximate surface area is 122 Å². The molecule has 0 saturated heterocycles. The predicted molar refractivity (Wildman–Crippen MR) is 75.9 cm³/mol. The minimum Gasteiger partial charge on any atom is -0.467 e. The van der Waals surface area contributed by atoms with Crippen LogP contribution >= 0.6 is 27.3 Å². The van der Waals surface area contributed by atoms with E-state index in [9.17, 15) is 9.90 Å². The molecule has 2 heterocycles. The summed E-state index contributed by atoms with van der Waals surface area (Å²) in [7, 11) is 0. The quantitative estimate of drug-likeness (QED) is 0.780. The molecule has 2 rings (SSSR count). The Morgan fingerprint density at radius 3 is 2.89 bits per heavy atom. The molecule has 0 radical (unpaired) electrons. The van der Waals surface area contributed by atoms with Gasteiger partial charge >= 0.3 is 6.03 Å². The molecule has 0 spiro atoms. The first-order chi connectivity index (χ1) is 9.15. The van der Waals surface area contributed by atoms with Crippen LogP contribution in [0.5, 0.6) is 0 Å². The van der Waals surface area contributed by atoms with Gasteiger partial charge in [-0.15, -0.1) is 11.3 Å². The minimum atomic E-state index is -0.836. The summed E-state index contributed by atoms with van der Waals surface area (Å²) in [6, 6.07) is 6.89. The maximum atomic E-state index is 11.5. The number of hydrogen-bond donors (Lipinski definition) is 3. The SMILES string of the molecule is O=C(NCc1ccc(Br)s1)NCC(O)c1ccco1. The molecule has 7 heteroatoms. The van der Waals surface area contributed by atoms with E-state index in [-0.39, 0.29) is 12.6 Å². The van der Waals surface area contributed by atoms with Crippen LogP contribution in [-0.2, 0) is 6.54 Å². The number of aliphatic hydroxyl groups excluding tert-OH is 1. The van der Waals surface area contributed by atoms with E-state index in [1.807, 2.05) is 12.1 Å². The van der Waals surface area contributed by atoms with Crippen molar-refractivity contribution in [2.24, 2.45) is 0 Å². The maximum absolute atomic E-state index is 11.5. The van der Waals surface area contributed by atoms with Gasteiger partial charge in [-0.2, -0.15) is 0 Å². The van der Waals surface area contributed by atoms with Gasteiger partial charge < -0.3 is 20.2 Å². The number of furan rings is 1. The van der Waals surface area contributed by atoms with Crippen molar-refractivity contribution >= 4 is 33.3 Å². The Morgan fingerprint density at radius 2 is 2.26 bits per heavy atom. The zero-order chi connectivity index (χ0) is 13.7. The number of rotatable bonds is 5. The number of amides is 2. The highest BCUT2D eigenvalue weighted by Gasteiger charge is 2.11. The molecule has 2 aromatic heterocycles. The lowest BCUT2D eigenvalue weighted by Gasteiger charge is -2.10. The lowest BCUT2D eigenvalue weighted by atomic mass is 10.3. The summed E-state index contributed by atoms with van der Waals surface area (Å²) in [6.45, 7) is 0.562. The maximum Gasteiger partial charge on any atom is 0.315 e. The second-order valence-corrected chi connectivity index (χ2v) is 6.35. The first-order valence-electron chi connectivity index (χ1n) is 5.62. The van der Waals surface area contributed by atoms with Crippen LogP contribution in [0, 0.1) is 0 Å². The first-order valence-corrected chi connectivity index (χ1v) is 7.23. The molecule has 102 valence electrons. The first kappa shape index (κ1) is 14.1. The number of thiophene rings is 1. The molecule has 0 aromatic carbocycles. The van der Waals surface area contributed by atoms with Crippen molar-refractivity contribution in [3.63, 3.8) is 0 Å². The van der Waals surface area contributed by atoms with Gasteiger partial charge in [-0.3, -0.25) is 0 Å². The van der Waals surface area contributed by atoms with Crippen molar-refractivity contribution in [1.82, 2.24) is 10.6 Å². The smallest absolute Gasteiger partial charge is 0.315 e. The Morgan fingerprint density at radius 1 is 1.42 bits per heavy atom. The molecule has 0 aliphatic heterocycles. The van der Waals surface area contributed by atoms with Gasteiger partial charge in [0.05, 0.1) is 23.1 Å². The molecule has 0 bridgehead atoms. The van der Waals surface area contributed by atoms with E-state index >= 15 is 0 Å². The van der Waals surface area contributed by atoms with E-state index in [1.165, 1.54) is 6.26 Å². The molecule has 0 aliphatic rings. The van der Waals surface area contributed by atoms with Gasteiger partial charge in [-0.05, 0) is 40.2 Å². The van der Waals surface area contributed by atoms with Crippen LogP contribution in [0.15, 0.2) is 38.7 Å². The highest BCUT2D eigenvalue weighted by Crippen LogP contribution is 2.21. The number of halogens is 1. The van der Waals surface area contributed by atoms with Crippen molar-refractivity contribution in [1.29, 1.82) is 0 Å². The van der Waals surface area contributed by atoms with E-state index in [0.717, 1.165) is 8.66 Å². The number of nitrogens with one attached hydrogen (secondary N) is 2. The molecule has 2 aromatic rings. The Kier molecular flexibility index (Phi) is 5.00. The van der Waals surface area contributed by atoms with Crippen molar-refractivity contribution in [2.75, 3.05) is 6.54 Å². The Balaban J connectivity index is 1.70. The van der Waals surface area contributed by atoms with E-state index in [1.54, 1.807) is 23.5 Å². The third kappa shape index (κ3) is 4.38. The van der Waals surface area contributed by atoms with Crippen molar-refractivity contribution in [3.05, 3.63) is 45.0 Å². The average molecular weight is 345 g/mol. The fourth-order valence-corrected chi connectivity index (χ4v) is 2.87. The number of urea groups is 1. The number of carbonyl (C=O) groups excluding carboxylic acids is 1. The topological polar surface area (TPSA) is 74.5 Å². The summed E-state index contributed by atoms with van der Waals surface area (Å²) in [5.41, 5.74) is 0. The zero-order valence-electron chi connectivity index (χ0n) is 9.93. The molecule has 1 unspecified atom stereocenters. The molecular weight excluding hydrogens is 332 g/mol. The van der Waals surface area contributed by atoms with Crippen molar-refractivity contribution in [2.45, 2.75) is 12.6 Å². The van der Waals surface area contributed by atoms with Crippen LogP contribution in [0.1, 0.15) is 16.7 Å². The number of carbonyl (C=O) groups is 1. The molecule has 0 aliphatic carbocycles. The van der Waals surface area contributed by atoms with E-state index in [4.69, 9.17) is 4.42 Å². The molecule has 0 saturated carbocycles. The summed E-state index contributed by atoms with van der Waals surface area (Å²) >= 11 is 4.92. The van der Waals surface area contributed by atoms with Gasteiger partial charge in [0.2, 0.25) is 0 Å². The van der Waals surface area contributed by atoms with E-state index < -0.39 is 6.10 Å². The lowest BCUT2D eigenvalue weighted by Crippen LogP contribution is -2.37. The normalized spacial score (nSPS) is 12.1. The molecule has 0 fully saturated rings. The highest BCUT2D eigenvalue weighted by atomic mass is 79.9. The second kappa shape index (κ2) is 6.74. The number of hydrogen-bond acceptors (Lipinski definition) is 4. The fourth-order valence-electron chi connectivity index (χ4n) is 1.45.